The molecule has 2 N–H and O–H groups in total. The van der Waals surface area contributed by atoms with E-state index in [9.17, 15) is 9.18 Å². The van der Waals surface area contributed by atoms with Gasteiger partial charge in [-0.2, -0.15) is 0 Å². The van der Waals surface area contributed by atoms with Crippen LogP contribution in [0, 0.1) is 5.82 Å². The van der Waals surface area contributed by atoms with E-state index >= 15 is 0 Å². The number of rotatable bonds is 4. The maximum absolute atomic E-state index is 12.8. The lowest BCUT2D eigenvalue weighted by molar-refractivity contribution is 0.102. The lowest BCUT2D eigenvalue weighted by atomic mass is 10.2. The van der Waals surface area contributed by atoms with E-state index in [1.54, 1.807) is 18.2 Å². The van der Waals surface area contributed by atoms with Crippen molar-refractivity contribution in [3.8, 4) is 11.8 Å². The van der Waals surface area contributed by atoms with Crippen molar-refractivity contribution < 1.29 is 13.9 Å². The number of hydrogen-bond acceptors (Lipinski definition) is 5. The Morgan fingerprint density at radius 3 is 2.69 bits per heavy atom. The van der Waals surface area contributed by atoms with Crippen LogP contribution in [-0.4, -0.2) is 25.8 Å². The van der Waals surface area contributed by atoms with E-state index in [1.165, 1.54) is 6.07 Å². The first-order chi connectivity index (χ1) is 12.7. The molecule has 0 spiro atoms. The summed E-state index contributed by atoms with van der Waals surface area (Å²) in [5, 5.41) is 2.70. The third kappa shape index (κ3) is 3.34. The van der Waals surface area contributed by atoms with Gasteiger partial charge in [-0.15, -0.1) is 0 Å². The highest BCUT2D eigenvalue weighted by atomic mass is 19.1. The van der Waals surface area contributed by atoms with Crippen LogP contribution in [0.2, 0.25) is 0 Å². The molecule has 1 amide bonds. The van der Waals surface area contributed by atoms with E-state index in [4.69, 9.17) is 4.74 Å². The molecule has 2 aromatic carbocycles. The van der Waals surface area contributed by atoms with Crippen LogP contribution in [-0.2, 0) is 0 Å². The fourth-order valence-electron chi connectivity index (χ4n) is 2.35. The Morgan fingerprint density at radius 1 is 1.08 bits per heavy atom. The second-order valence-corrected chi connectivity index (χ2v) is 5.37. The average Bonchev–Trinajstić information content (AvgIpc) is 3.06. The number of carbonyl (C=O) groups excluding carboxylic acids is 1. The first-order valence-electron chi connectivity index (χ1n) is 7.69. The first-order valence-corrected chi connectivity index (χ1v) is 7.69. The number of ether oxygens (including phenoxy) is 1. The summed E-state index contributed by atoms with van der Waals surface area (Å²) in [6.45, 7) is 0. The molecule has 4 aromatic rings. The van der Waals surface area contributed by atoms with E-state index in [-0.39, 0.29) is 11.9 Å². The summed E-state index contributed by atoms with van der Waals surface area (Å²) >= 11 is 0. The second-order valence-electron chi connectivity index (χ2n) is 5.37. The number of H-pyrrole nitrogens is 1. The molecule has 7 nitrogen and oxygen atoms in total. The van der Waals surface area contributed by atoms with Gasteiger partial charge in [-0.3, -0.25) is 10.1 Å². The van der Waals surface area contributed by atoms with Crippen molar-refractivity contribution in [2.24, 2.45) is 0 Å². The van der Waals surface area contributed by atoms with Crippen molar-refractivity contribution in [2.75, 3.05) is 5.32 Å². The summed E-state index contributed by atoms with van der Waals surface area (Å²) in [6, 6.07) is 13.9. The number of imidazole rings is 1. The molecule has 0 unspecified atom stereocenters. The number of benzene rings is 2. The lowest BCUT2D eigenvalue weighted by Gasteiger charge is -2.06. The molecule has 8 heteroatoms. The van der Waals surface area contributed by atoms with Crippen LogP contribution >= 0.6 is 0 Å². The highest BCUT2D eigenvalue weighted by Crippen LogP contribution is 2.20. The number of aromatic nitrogens is 4. The number of amides is 1. The zero-order valence-corrected chi connectivity index (χ0v) is 13.3. The number of nitrogens with zero attached hydrogens (tertiary/aromatic N) is 3. The van der Waals surface area contributed by atoms with Crippen LogP contribution in [0.15, 0.2) is 60.9 Å². The Kier molecular flexibility index (Phi) is 3.98. The van der Waals surface area contributed by atoms with Crippen molar-refractivity contribution in [1.29, 1.82) is 0 Å². The van der Waals surface area contributed by atoms with Gasteiger partial charge in [0.2, 0.25) is 5.95 Å². The van der Waals surface area contributed by atoms with Gasteiger partial charge in [0, 0.05) is 5.56 Å². The molecule has 0 fully saturated rings. The van der Waals surface area contributed by atoms with Crippen LogP contribution in [0.3, 0.4) is 0 Å². The van der Waals surface area contributed by atoms with Crippen molar-refractivity contribution in [1.82, 2.24) is 19.9 Å². The Morgan fingerprint density at radius 2 is 1.88 bits per heavy atom. The number of nitrogens with one attached hydrogen (secondary N) is 2. The number of para-hydroxylation sites is 2. The van der Waals surface area contributed by atoms with E-state index in [1.807, 2.05) is 24.3 Å². The van der Waals surface area contributed by atoms with Crippen LogP contribution in [0.5, 0.6) is 11.8 Å². The summed E-state index contributed by atoms with van der Waals surface area (Å²) < 4.78 is 18.3. The highest BCUT2D eigenvalue weighted by Gasteiger charge is 2.11. The molecule has 0 saturated carbocycles. The van der Waals surface area contributed by atoms with Gasteiger partial charge in [-0.1, -0.05) is 18.2 Å². The average molecular weight is 349 g/mol. The standard InChI is InChI=1S/C18H12FN5O2/c19-12-9-20-18(21-10-12)26-13-5-3-4-11(8-13)16(25)24-17-22-14-6-1-2-7-15(14)23-17/h1-10H,(H2,22,23,24,25). The fourth-order valence-corrected chi connectivity index (χ4v) is 2.35. The van der Waals surface area contributed by atoms with Crippen LogP contribution in [0.4, 0.5) is 10.3 Å². The van der Waals surface area contributed by atoms with Crippen molar-refractivity contribution in [3.05, 3.63) is 72.3 Å². The number of aromatic amines is 1. The van der Waals surface area contributed by atoms with Gasteiger partial charge in [-0.25, -0.2) is 19.3 Å². The lowest BCUT2D eigenvalue weighted by Crippen LogP contribution is -2.12. The Bertz CT molecular complexity index is 1050. The molecule has 0 aliphatic carbocycles. The van der Waals surface area contributed by atoms with Crippen LogP contribution in [0.1, 0.15) is 10.4 Å². The molecule has 0 aliphatic rings. The molecule has 2 aromatic heterocycles. The van der Waals surface area contributed by atoms with E-state index in [0.717, 1.165) is 23.4 Å². The predicted molar refractivity (Wildman–Crippen MR) is 92.6 cm³/mol. The zero-order valence-electron chi connectivity index (χ0n) is 13.3. The Hall–Kier alpha value is -3.81. The summed E-state index contributed by atoms with van der Waals surface area (Å²) in [7, 11) is 0. The summed E-state index contributed by atoms with van der Waals surface area (Å²) in [4.78, 5) is 27.2. The summed E-state index contributed by atoms with van der Waals surface area (Å²) in [6.07, 6.45) is 2.00. The number of halogens is 1. The van der Waals surface area contributed by atoms with Crippen molar-refractivity contribution in [3.63, 3.8) is 0 Å². The minimum Gasteiger partial charge on any atom is -0.424 e. The third-order valence-electron chi connectivity index (χ3n) is 3.52. The smallest absolute Gasteiger partial charge is 0.322 e. The first kappa shape index (κ1) is 15.7. The van der Waals surface area contributed by atoms with Gasteiger partial charge in [-0.05, 0) is 30.3 Å². The quantitative estimate of drug-likeness (QED) is 0.588. The topological polar surface area (TPSA) is 92.8 Å². The normalized spacial score (nSPS) is 10.7. The molecular weight excluding hydrogens is 337 g/mol. The minimum absolute atomic E-state index is 0.0127. The molecule has 0 bridgehead atoms. The van der Waals surface area contributed by atoms with E-state index in [0.29, 0.717) is 17.3 Å². The van der Waals surface area contributed by atoms with E-state index < -0.39 is 5.82 Å². The number of carbonyl (C=O) groups is 1. The SMILES string of the molecule is O=C(Nc1nc2ccccc2[nH]1)c1cccc(Oc2ncc(F)cn2)c1. The molecule has 2 heterocycles. The maximum Gasteiger partial charge on any atom is 0.322 e. The van der Waals surface area contributed by atoms with Gasteiger partial charge >= 0.3 is 6.01 Å². The van der Waals surface area contributed by atoms with Gasteiger partial charge in [0.25, 0.3) is 5.91 Å². The van der Waals surface area contributed by atoms with Crippen molar-refractivity contribution >= 4 is 22.9 Å². The fraction of sp³-hybridized carbons (Fsp3) is 0. The van der Waals surface area contributed by atoms with Gasteiger partial charge in [0.1, 0.15) is 5.75 Å². The Balaban J connectivity index is 1.51. The molecule has 26 heavy (non-hydrogen) atoms. The minimum atomic E-state index is -0.559. The maximum atomic E-state index is 12.8. The van der Waals surface area contributed by atoms with Gasteiger partial charge in [0.15, 0.2) is 5.82 Å². The molecule has 0 saturated heterocycles. The molecule has 0 atom stereocenters. The predicted octanol–water partition coefficient (Wildman–Crippen LogP) is 3.54. The molecule has 128 valence electrons. The monoisotopic (exact) mass is 349 g/mol. The molecular formula is C18H12FN5O2. The van der Waals surface area contributed by atoms with Crippen LogP contribution < -0.4 is 10.1 Å². The second kappa shape index (κ2) is 6.60. The summed E-state index contributed by atoms with van der Waals surface area (Å²) in [5.74, 6) is -0.205. The number of anilines is 1. The van der Waals surface area contributed by atoms with Gasteiger partial charge < -0.3 is 9.72 Å². The zero-order chi connectivity index (χ0) is 17.9. The highest BCUT2D eigenvalue weighted by molar-refractivity contribution is 6.04. The van der Waals surface area contributed by atoms with Crippen molar-refractivity contribution in [2.45, 2.75) is 0 Å². The summed E-state index contributed by atoms with van der Waals surface area (Å²) in [5.41, 5.74) is 1.95. The Labute approximate surface area is 146 Å². The molecule has 0 aliphatic heterocycles. The number of hydrogen-bond donors (Lipinski definition) is 2. The molecule has 4 rings (SSSR count). The molecule has 0 radical (unpaired) electrons. The van der Waals surface area contributed by atoms with E-state index in [2.05, 4.69) is 25.3 Å². The van der Waals surface area contributed by atoms with Gasteiger partial charge in [0.05, 0.1) is 23.4 Å². The largest absolute Gasteiger partial charge is 0.424 e. The van der Waals surface area contributed by atoms with Crippen LogP contribution in [0.25, 0.3) is 11.0 Å². The number of fused-ring (bicyclic) bond motifs is 1. The third-order valence-corrected chi connectivity index (χ3v) is 3.52.